The fourth-order valence-corrected chi connectivity index (χ4v) is 1.33. The van der Waals surface area contributed by atoms with E-state index in [-0.39, 0.29) is 16.9 Å². The third-order valence-corrected chi connectivity index (χ3v) is 2.20. The highest BCUT2D eigenvalue weighted by Gasteiger charge is 2.17. The van der Waals surface area contributed by atoms with E-state index in [1.807, 2.05) is 34.6 Å². The standard InChI is InChI=1S/C10H14O2.C4H10O/c1-10(2,3)8-6-7(11)4-5-9(8)12;1-3-5-4-2/h4-6,11-12H,1-3H3;3-4H2,1-2H3. The minimum Gasteiger partial charge on any atom is -0.508 e. The van der Waals surface area contributed by atoms with Crippen LogP contribution in [0.25, 0.3) is 0 Å². The van der Waals surface area contributed by atoms with E-state index in [1.54, 1.807) is 6.07 Å². The van der Waals surface area contributed by atoms with Gasteiger partial charge in [0.2, 0.25) is 0 Å². The van der Waals surface area contributed by atoms with Crippen LogP contribution in [0.15, 0.2) is 18.2 Å². The number of benzene rings is 1. The summed E-state index contributed by atoms with van der Waals surface area (Å²) in [6.45, 7) is 11.6. The van der Waals surface area contributed by atoms with Crippen molar-refractivity contribution in [2.75, 3.05) is 13.2 Å². The summed E-state index contributed by atoms with van der Waals surface area (Å²) in [5.74, 6) is 0.429. The van der Waals surface area contributed by atoms with Crippen molar-refractivity contribution in [3.8, 4) is 11.5 Å². The van der Waals surface area contributed by atoms with Crippen LogP contribution in [0, 0.1) is 0 Å². The molecule has 0 atom stereocenters. The van der Waals surface area contributed by atoms with Crippen LogP contribution in [0.4, 0.5) is 0 Å². The normalized spacial score (nSPS) is 10.6. The predicted molar refractivity (Wildman–Crippen MR) is 70.6 cm³/mol. The summed E-state index contributed by atoms with van der Waals surface area (Å²) in [4.78, 5) is 0. The average molecular weight is 240 g/mol. The van der Waals surface area contributed by atoms with Gasteiger partial charge < -0.3 is 14.9 Å². The van der Waals surface area contributed by atoms with Gasteiger partial charge in [0.25, 0.3) is 0 Å². The van der Waals surface area contributed by atoms with Gasteiger partial charge in [0.15, 0.2) is 0 Å². The van der Waals surface area contributed by atoms with Gasteiger partial charge in [0.05, 0.1) is 0 Å². The largest absolute Gasteiger partial charge is 0.508 e. The lowest BCUT2D eigenvalue weighted by molar-refractivity contribution is 0.162. The quantitative estimate of drug-likeness (QED) is 0.778. The fraction of sp³-hybridized carbons (Fsp3) is 0.571. The lowest BCUT2D eigenvalue weighted by atomic mass is 9.86. The number of aromatic hydroxyl groups is 2. The molecule has 2 N–H and O–H groups in total. The Morgan fingerprint density at radius 2 is 1.59 bits per heavy atom. The Morgan fingerprint density at radius 3 is 1.88 bits per heavy atom. The molecule has 0 aliphatic heterocycles. The zero-order valence-corrected chi connectivity index (χ0v) is 11.4. The molecular weight excluding hydrogens is 216 g/mol. The zero-order valence-electron chi connectivity index (χ0n) is 11.4. The predicted octanol–water partition coefficient (Wildman–Crippen LogP) is 3.44. The third kappa shape index (κ3) is 6.17. The topological polar surface area (TPSA) is 49.7 Å². The lowest BCUT2D eigenvalue weighted by Crippen LogP contribution is -2.10. The molecule has 1 aromatic rings. The first-order valence-corrected chi connectivity index (χ1v) is 5.93. The molecule has 0 aliphatic rings. The molecule has 3 heteroatoms. The van der Waals surface area contributed by atoms with Gasteiger partial charge in [0.1, 0.15) is 11.5 Å². The third-order valence-electron chi connectivity index (χ3n) is 2.20. The summed E-state index contributed by atoms with van der Waals surface area (Å²) in [6, 6.07) is 4.58. The average Bonchev–Trinajstić information content (AvgIpc) is 2.22. The van der Waals surface area contributed by atoms with Crippen LogP contribution in [-0.4, -0.2) is 23.4 Å². The Bertz CT molecular complexity index is 325. The molecule has 0 saturated carbocycles. The zero-order chi connectivity index (χ0) is 13.5. The van der Waals surface area contributed by atoms with E-state index < -0.39 is 0 Å². The molecule has 98 valence electrons. The van der Waals surface area contributed by atoms with Crippen molar-refractivity contribution in [1.82, 2.24) is 0 Å². The lowest BCUT2D eigenvalue weighted by Gasteiger charge is -2.20. The van der Waals surface area contributed by atoms with Gasteiger partial charge in [0, 0.05) is 18.8 Å². The monoisotopic (exact) mass is 240 g/mol. The van der Waals surface area contributed by atoms with Gasteiger partial charge in [-0.05, 0) is 37.5 Å². The second kappa shape index (κ2) is 7.17. The molecule has 0 fully saturated rings. The molecule has 0 saturated heterocycles. The van der Waals surface area contributed by atoms with Crippen LogP contribution in [0.5, 0.6) is 11.5 Å². The van der Waals surface area contributed by atoms with Crippen LogP contribution < -0.4 is 0 Å². The molecule has 0 unspecified atom stereocenters. The Kier molecular flexibility index (Phi) is 6.66. The van der Waals surface area contributed by atoms with Crippen LogP contribution in [0.3, 0.4) is 0 Å². The maximum Gasteiger partial charge on any atom is 0.119 e. The van der Waals surface area contributed by atoms with E-state index in [1.165, 1.54) is 12.1 Å². The highest BCUT2D eigenvalue weighted by Crippen LogP contribution is 2.32. The van der Waals surface area contributed by atoms with Crippen molar-refractivity contribution in [3.05, 3.63) is 23.8 Å². The van der Waals surface area contributed by atoms with Crippen molar-refractivity contribution in [3.63, 3.8) is 0 Å². The van der Waals surface area contributed by atoms with E-state index in [2.05, 4.69) is 0 Å². The summed E-state index contributed by atoms with van der Waals surface area (Å²) in [5.41, 5.74) is 0.630. The first-order valence-electron chi connectivity index (χ1n) is 5.93. The van der Waals surface area contributed by atoms with E-state index in [9.17, 15) is 10.2 Å². The molecule has 1 aromatic carbocycles. The first kappa shape index (κ1) is 15.8. The Balaban J connectivity index is 0.000000437. The number of rotatable bonds is 2. The summed E-state index contributed by atoms with van der Waals surface area (Å²) >= 11 is 0. The fourth-order valence-electron chi connectivity index (χ4n) is 1.33. The van der Waals surface area contributed by atoms with Gasteiger partial charge in [-0.1, -0.05) is 20.8 Å². The summed E-state index contributed by atoms with van der Waals surface area (Å²) in [6.07, 6.45) is 0. The van der Waals surface area contributed by atoms with Crippen molar-refractivity contribution >= 4 is 0 Å². The second-order valence-corrected chi connectivity index (χ2v) is 4.73. The molecule has 3 nitrogen and oxygen atoms in total. The molecule has 1 rings (SSSR count). The molecular formula is C14H24O3. The first-order chi connectivity index (χ1) is 7.82. The SMILES string of the molecule is CC(C)(C)c1cc(O)ccc1O.CCOCC. The Morgan fingerprint density at radius 1 is 1.06 bits per heavy atom. The molecule has 0 amide bonds. The van der Waals surface area contributed by atoms with Crippen molar-refractivity contribution in [2.24, 2.45) is 0 Å². The van der Waals surface area contributed by atoms with Gasteiger partial charge in [-0.2, -0.15) is 0 Å². The van der Waals surface area contributed by atoms with E-state index in [0.29, 0.717) is 0 Å². The molecule has 0 spiro atoms. The van der Waals surface area contributed by atoms with Crippen LogP contribution in [-0.2, 0) is 10.2 Å². The van der Waals surface area contributed by atoms with E-state index >= 15 is 0 Å². The molecule has 17 heavy (non-hydrogen) atoms. The summed E-state index contributed by atoms with van der Waals surface area (Å²) in [5, 5.41) is 18.6. The van der Waals surface area contributed by atoms with E-state index in [0.717, 1.165) is 18.8 Å². The number of hydrogen-bond acceptors (Lipinski definition) is 3. The maximum absolute atomic E-state index is 9.46. The number of phenolic OH excluding ortho intramolecular Hbond substituents is 2. The van der Waals surface area contributed by atoms with Crippen molar-refractivity contribution in [1.29, 1.82) is 0 Å². The van der Waals surface area contributed by atoms with Crippen molar-refractivity contribution < 1.29 is 14.9 Å². The Hall–Kier alpha value is -1.22. The van der Waals surface area contributed by atoms with Crippen LogP contribution in [0.2, 0.25) is 0 Å². The molecule has 0 radical (unpaired) electrons. The molecule has 0 aromatic heterocycles. The summed E-state index contributed by atoms with van der Waals surface area (Å²) in [7, 11) is 0. The number of ether oxygens (including phenoxy) is 1. The van der Waals surface area contributed by atoms with E-state index in [4.69, 9.17) is 4.74 Å². The van der Waals surface area contributed by atoms with Crippen LogP contribution >= 0.6 is 0 Å². The minimum atomic E-state index is -0.136. The number of phenols is 2. The minimum absolute atomic E-state index is 0.136. The second-order valence-electron chi connectivity index (χ2n) is 4.73. The van der Waals surface area contributed by atoms with Gasteiger partial charge >= 0.3 is 0 Å². The van der Waals surface area contributed by atoms with Gasteiger partial charge in [-0.15, -0.1) is 0 Å². The number of hydrogen-bond donors (Lipinski definition) is 2. The van der Waals surface area contributed by atoms with Gasteiger partial charge in [-0.3, -0.25) is 0 Å². The smallest absolute Gasteiger partial charge is 0.119 e. The molecule has 0 heterocycles. The molecule has 0 bridgehead atoms. The highest BCUT2D eigenvalue weighted by atomic mass is 16.5. The Labute approximate surface area is 104 Å². The van der Waals surface area contributed by atoms with Crippen molar-refractivity contribution in [2.45, 2.75) is 40.0 Å². The maximum atomic E-state index is 9.46. The van der Waals surface area contributed by atoms with Crippen LogP contribution in [0.1, 0.15) is 40.2 Å². The van der Waals surface area contributed by atoms with Gasteiger partial charge in [-0.25, -0.2) is 0 Å². The highest BCUT2D eigenvalue weighted by molar-refractivity contribution is 5.42. The molecule has 0 aliphatic carbocycles. The summed E-state index contributed by atoms with van der Waals surface area (Å²) < 4.78 is 4.83.